The molecule has 0 bridgehead atoms. The zero-order valence-corrected chi connectivity index (χ0v) is 13.3. The number of hydrogen-bond donors (Lipinski definition) is 1. The Balaban J connectivity index is 2.02. The fraction of sp³-hybridized carbons (Fsp3) is 0.600. The van der Waals surface area contributed by atoms with Crippen LogP contribution in [0.5, 0.6) is 0 Å². The zero-order valence-electron chi connectivity index (χ0n) is 11.8. The summed E-state index contributed by atoms with van der Waals surface area (Å²) < 4.78 is 5.48. The monoisotopic (exact) mass is 301 g/mol. The van der Waals surface area contributed by atoms with Gasteiger partial charge in [-0.1, -0.05) is 43.1 Å². The Morgan fingerprint density at radius 2 is 2.00 bits per heavy atom. The molecule has 106 valence electrons. The Morgan fingerprint density at radius 1 is 1.32 bits per heavy atom. The van der Waals surface area contributed by atoms with Gasteiger partial charge in [-0.05, 0) is 31.0 Å². The highest BCUT2D eigenvalue weighted by Gasteiger charge is 2.48. The summed E-state index contributed by atoms with van der Waals surface area (Å²) in [7, 11) is 1.78. The average Bonchev–Trinajstić information content (AvgIpc) is 2.36. The van der Waals surface area contributed by atoms with Gasteiger partial charge in [0.2, 0.25) is 0 Å². The molecule has 0 aromatic heterocycles. The van der Waals surface area contributed by atoms with E-state index < -0.39 is 0 Å². The first-order valence-electron chi connectivity index (χ1n) is 6.60. The molecule has 2 nitrogen and oxygen atoms in total. The van der Waals surface area contributed by atoms with Crippen molar-refractivity contribution in [1.29, 1.82) is 0 Å². The van der Waals surface area contributed by atoms with Gasteiger partial charge in [0.15, 0.2) is 0 Å². The summed E-state index contributed by atoms with van der Waals surface area (Å²) >= 11 is 12.0. The second kappa shape index (κ2) is 5.61. The van der Waals surface area contributed by atoms with Gasteiger partial charge in [0.25, 0.3) is 0 Å². The quantitative estimate of drug-likeness (QED) is 0.886. The summed E-state index contributed by atoms with van der Waals surface area (Å²) in [5, 5.41) is 4.86. The molecule has 1 N–H and O–H groups in total. The smallest absolute Gasteiger partial charge is 0.0652 e. The van der Waals surface area contributed by atoms with Gasteiger partial charge < -0.3 is 10.1 Å². The summed E-state index contributed by atoms with van der Waals surface area (Å²) in [4.78, 5) is 0. The Morgan fingerprint density at radius 3 is 2.53 bits per heavy atom. The van der Waals surface area contributed by atoms with E-state index in [1.807, 2.05) is 18.2 Å². The summed E-state index contributed by atoms with van der Waals surface area (Å²) in [6, 6.07) is 6.51. The van der Waals surface area contributed by atoms with Crippen LogP contribution >= 0.6 is 23.2 Å². The molecular formula is C15H21Cl2NO. The van der Waals surface area contributed by atoms with Crippen molar-refractivity contribution in [3.05, 3.63) is 33.8 Å². The second-order valence-corrected chi connectivity index (χ2v) is 6.71. The van der Waals surface area contributed by atoms with Gasteiger partial charge in [0, 0.05) is 24.6 Å². The summed E-state index contributed by atoms with van der Waals surface area (Å²) in [6.07, 6.45) is 1.39. The van der Waals surface area contributed by atoms with Crippen molar-refractivity contribution in [2.45, 2.75) is 45.4 Å². The number of hydrogen-bond acceptors (Lipinski definition) is 2. The van der Waals surface area contributed by atoms with E-state index in [-0.39, 0.29) is 11.5 Å². The molecule has 3 atom stereocenters. The second-order valence-electron chi connectivity index (χ2n) is 5.90. The van der Waals surface area contributed by atoms with Crippen molar-refractivity contribution >= 4 is 23.2 Å². The van der Waals surface area contributed by atoms with Gasteiger partial charge in [-0.15, -0.1) is 0 Å². The molecule has 0 radical (unpaired) electrons. The van der Waals surface area contributed by atoms with Gasteiger partial charge in [0.05, 0.1) is 16.1 Å². The fourth-order valence-electron chi connectivity index (χ4n) is 2.75. The molecule has 2 rings (SSSR count). The lowest BCUT2D eigenvalue weighted by molar-refractivity contribution is -0.0999. The van der Waals surface area contributed by atoms with E-state index >= 15 is 0 Å². The third-order valence-corrected chi connectivity index (χ3v) is 5.10. The molecule has 1 saturated carbocycles. The first-order valence-corrected chi connectivity index (χ1v) is 7.35. The summed E-state index contributed by atoms with van der Waals surface area (Å²) in [5.41, 5.74) is 1.32. The first kappa shape index (κ1) is 15.1. The van der Waals surface area contributed by atoms with Crippen LogP contribution in [0.4, 0.5) is 0 Å². The van der Waals surface area contributed by atoms with Crippen LogP contribution in [0.1, 0.15) is 38.8 Å². The zero-order chi connectivity index (χ0) is 14.2. The highest BCUT2D eigenvalue weighted by molar-refractivity contribution is 6.42. The van der Waals surface area contributed by atoms with Crippen LogP contribution in [0.3, 0.4) is 0 Å². The van der Waals surface area contributed by atoms with Gasteiger partial charge in [0.1, 0.15) is 0 Å². The lowest BCUT2D eigenvalue weighted by atomic mass is 9.64. The normalized spacial score (nSPS) is 26.8. The topological polar surface area (TPSA) is 21.3 Å². The minimum Gasteiger partial charge on any atom is -0.381 e. The van der Waals surface area contributed by atoms with Crippen molar-refractivity contribution < 1.29 is 4.74 Å². The average molecular weight is 302 g/mol. The molecule has 1 fully saturated rings. The minimum atomic E-state index is 0.166. The number of ether oxygens (including phenoxy) is 1. The molecule has 0 amide bonds. The Labute approximate surface area is 125 Å². The molecule has 19 heavy (non-hydrogen) atoms. The van der Waals surface area contributed by atoms with Crippen LogP contribution in [0.2, 0.25) is 10.0 Å². The molecule has 1 aromatic carbocycles. The summed E-state index contributed by atoms with van der Waals surface area (Å²) in [5.74, 6) is 0. The third-order valence-electron chi connectivity index (χ3n) is 4.36. The van der Waals surface area contributed by atoms with Crippen molar-refractivity contribution in [2.75, 3.05) is 7.11 Å². The van der Waals surface area contributed by atoms with Crippen molar-refractivity contribution in [3.63, 3.8) is 0 Å². The number of benzene rings is 1. The Hall–Kier alpha value is -0.280. The van der Waals surface area contributed by atoms with E-state index in [0.29, 0.717) is 22.2 Å². The van der Waals surface area contributed by atoms with Crippen LogP contribution in [-0.4, -0.2) is 19.3 Å². The van der Waals surface area contributed by atoms with Gasteiger partial charge in [-0.3, -0.25) is 0 Å². The predicted octanol–water partition coefficient (Wildman–Crippen LogP) is 4.46. The molecule has 1 aromatic rings. The molecular weight excluding hydrogens is 281 g/mol. The molecule has 1 aliphatic carbocycles. The van der Waals surface area contributed by atoms with Crippen molar-refractivity contribution in [1.82, 2.24) is 5.32 Å². The van der Waals surface area contributed by atoms with E-state index in [1.54, 1.807) is 7.11 Å². The van der Waals surface area contributed by atoms with Crippen LogP contribution < -0.4 is 5.32 Å². The highest BCUT2D eigenvalue weighted by atomic mass is 35.5. The van der Waals surface area contributed by atoms with Crippen molar-refractivity contribution in [2.24, 2.45) is 5.41 Å². The van der Waals surface area contributed by atoms with Crippen LogP contribution in [0.15, 0.2) is 18.2 Å². The van der Waals surface area contributed by atoms with E-state index in [4.69, 9.17) is 27.9 Å². The Bertz CT molecular complexity index is 461. The number of rotatable bonds is 4. The molecule has 0 aliphatic heterocycles. The molecule has 0 heterocycles. The largest absolute Gasteiger partial charge is 0.381 e. The minimum absolute atomic E-state index is 0.166. The Kier molecular flexibility index (Phi) is 4.46. The molecule has 1 aliphatic rings. The molecule has 0 saturated heterocycles. The maximum absolute atomic E-state index is 6.06. The fourth-order valence-corrected chi connectivity index (χ4v) is 3.05. The molecule has 4 heteroatoms. The number of halogens is 2. The van der Waals surface area contributed by atoms with Crippen LogP contribution in [-0.2, 0) is 4.74 Å². The lowest BCUT2D eigenvalue weighted by Gasteiger charge is -2.52. The van der Waals surface area contributed by atoms with E-state index in [0.717, 1.165) is 12.0 Å². The maximum Gasteiger partial charge on any atom is 0.0652 e. The molecule has 0 spiro atoms. The first-order chi connectivity index (χ1) is 8.86. The van der Waals surface area contributed by atoms with Gasteiger partial charge >= 0.3 is 0 Å². The van der Waals surface area contributed by atoms with E-state index in [2.05, 4.69) is 26.1 Å². The van der Waals surface area contributed by atoms with Crippen LogP contribution in [0, 0.1) is 5.41 Å². The highest BCUT2D eigenvalue weighted by Crippen LogP contribution is 2.43. The third kappa shape index (κ3) is 2.92. The van der Waals surface area contributed by atoms with Gasteiger partial charge in [-0.2, -0.15) is 0 Å². The number of methoxy groups -OCH3 is 1. The van der Waals surface area contributed by atoms with E-state index in [1.165, 1.54) is 0 Å². The molecule has 3 unspecified atom stereocenters. The maximum atomic E-state index is 6.06. The standard InChI is InChI=1S/C15H21Cl2NO/c1-9(10-5-6-11(16)12(17)7-10)18-13-8-14(19-4)15(13,2)3/h5-7,9,13-14,18H,8H2,1-4H3. The predicted molar refractivity (Wildman–Crippen MR) is 81.0 cm³/mol. The summed E-state index contributed by atoms with van der Waals surface area (Å²) in [6.45, 7) is 6.63. The SMILES string of the molecule is COC1CC(NC(C)c2ccc(Cl)c(Cl)c2)C1(C)C. The van der Waals surface area contributed by atoms with Crippen molar-refractivity contribution in [3.8, 4) is 0 Å². The van der Waals surface area contributed by atoms with Gasteiger partial charge in [-0.25, -0.2) is 0 Å². The van der Waals surface area contributed by atoms with E-state index in [9.17, 15) is 0 Å². The van der Waals surface area contributed by atoms with Crippen LogP contribution in [0.25, 0.3) is 0 Å². The number of nitrogens with one attached hydrogen (secondary N) is 1. The lowest BCUT2D eigenvalue weighted by Crippen LogP contribution is -2.60.